The Labute approximate surface area is 127 Å². The van der Waals surface area contributed by atoms with E-state index >= 15 is 0 Å². The van der Waals surface area contributed by atoms with Crippen molar-refractivity contribution in [3.8, 4) is 5.75 Å². The molecule has 4 nitrogen and oxygen atoms in total. The van der Waals surface area contributed by atoms with E-state index in [1.165, 1.54) is 5.56 Å². The third kappa shape index (κ3) is 4.21. The number of methoxy groups -OCH3 is 1. The van der Waals surface area contributed by atoms with Crippen molar-refractivity contribution in [2.45, 2.75) is 13.2 Å². The zero-order valence-electron chi connectivity index (χ0n) is 11.5. The van der Waals surface area contributed by atoms with Gasteiger partial charge in [-0.1, -0.05) is 18.2 Å². The van der Waals surface area contributed by atoms with Gasteiger partial charge in [-0.3, -0.25) is 9.58 Å². The van der Waals surface area contributed by atoms with Crippen molar-refractivity contribution in [1.29, 1.82) is 0 Å². The molecule has 5 heteroatoms. The normalized spacial score (nSPS) is 10.8. The maximum atomic E-state index is 5.17. The van der Waals surface area contributed by atoms with E-state index in [-0.39, 0.29) is 0 Å². The summed E-state index contributed by atoms with van der Waals surface area (Å²) in [5.41, 5.74) is 1.24. The minimum Gasteiger partial charge on any atom is -0.497 e. The Morgan fingerprint density at radius 3 is 2.70 bits per heavy atom. The van der Waals surface area contributed by atoms with E-state index in [1.54, 1.807) is 13.3 Å². The van der Waals surface area contributed by atoms with Gasteiger partial charge in [-0.15, -0.1) is 6.58 Å². The highest BCUT2D eigenvalue weighted by atomic mass is 79.9. The molecule has 0 radical (unpaired) electrons. The van der Waals surface area contributed by atoms with Crippen LogP contribution in [0.3, 0.4) is 0 Å². The van der Waals surface area contributed by atoms with Crippen molar-refractivity contribution in [3.05, 3.63) is 59.4 Å². The Hall–Kier alpha value is -1.59. The van der Waals surface area contributed by atoms with Crippen LogP contribution in [0.15, 0.2) is 53.8 Å². The molecule has 0 bridgehead atoms. The number of rotatable bonds is 7. The Bertz CT molecular complexity index is 551. The quantitative estimate of drug-likeness (QED) is 0.727. The fraction of sp³-hybridized carbons (Fsp3) is 0.267. The van der Waals surface area contributed by atoms with Gasteiger partial charge in [0.2, 0.25) is 0 Å². The molecule has 0 aliphatic carbocycles. The molecule has 1 aromatic carbocycles. The molecule has 20 heavy (non-hydrogen) atoms. The van der Waals surface area contributed by atoms with Crippen molar-refractivity contribution in [1.82, 2.24) is 14.7 Å². The number of benzene rings is 1. The molecule has 0 unspecified atom stereocenters. The molecule has 0 aliphatic rings. The van der Waals surface area contributed by atoms with E-state index in [2.05, 4.69) is 44.6 Å². The molecule has 1 aromatic heterocycles. The fourth-order valence-corrected chi connectivity index (χ4v) is 2.29. The number of hydrogen-bond donors (Lipinski definition) is 0. The lowest BCUT2D eigenvalue weighted by Crippen LogP contribution is -2.26. The maximum Gasteiger partial charge on any atom is 0.118 e. The number of hydrogen-bond acceptors (Lipinski definition) is 3. The van der Waals surface area contributed by atoms with Crippen molar-refractivity contribution in [2.24, 2.45) is 0 Å². The number of ether oxygens (including phenoxy) is 1. The SMILES string of the molecule is C=CCN(Cc1ccc(OC)cc1)Cn1cc(Br)cn1. The summed E-state index contributed by atoms with van der Waals surface area (Å²) in [6.45, 7) is 6.19. The minimum absolute atomic E-state index is 0.726. The summed E-state index contributed by atoms with van der Waals surface area (Å²) in [6.07, 6.45) is 5.66. The lowest BCUT2D eigenvalue weighted by atomic mass is 10.2. The van der Waals surface area contributed by atoms with Crippen molar-refractivity contribution in [3.63, 3.8) is 0 Å². The predicted molar refractivity (Wildman–Crippen MR) is 83.5 cm³/mol. The number of halogens is 1. The molecule has 0 N–H and O–H groups in total. The lowest BCUT2D eigenvalue weighted by Gasteiger charge is -2.20. The second kappa shape index (κ2) is 7.26. The highest BCUT2D eigenvalue weighted by Crippen LogP contribution is 2.14. The van der Waals surface area contributed by atoms with Gasteiger partial charge in [0.15, 0.2) is 0 Å². The highest BCUT2D eigenvalue weighted by molar-refractivity contribution is 9.10. The van der Waals surface area contributed by atoms with Crippen LogP contribution in [0, 0.1) is 0 Å². The minimum atomic E-state index is 0.726. The van der Waals surface area contributed by atoms with Gasteiger partial charge in [0, 0.05) is 19.3 Å². The molecule has 0 spiro atoms. The van der Waals surface area contributed by atoms with Crippen LogP contribution >= 0.6 is 15.9 Å². The molecular weight excluding hydrogens is 318 g/mol. The predicted octanol–water partition coefficient (Wildman–Crippen LogP) is 3.30. The van der Waals surface area contributed by atoms with Crippen molar-refractivity contribution >= 4 is 15.9 Å². The first-order valence-electron chi connectivity index (χ1n) is 6.35. The maximum absolute atomic E-state index is 5.17. The Morgan fingerprint density at radius 2 is 2.15 bits per heavy atom. The molecule has 0 saturated carbocycles. The Kier molecular flexibility index (Phi) is 5.38. The van der Waals surface area contributed by atoms with E-state index in [0.29, 0.717) is 0 Å². The third-order valence-electron chi connectivity index (χ3n) is 2.90. The zero-order valence-corrected chi connectivity index (χ0v) is 13.1. The summed E-state index contributed by atoms with van der Waals surface area (Å²) >= 11 is 3.41. The molecule has 0 amide bonds. The topological polar surface area (TPSA) is 30.3 Å². The second-order valence-corrected chi connectivity index (χ2v) is 5.40. The molecule has 0 aliphatic heterocycles. The van der Waals surface area contributed by atoms with Gasteiger partial charge in [-0.2, -0.15) is 5.10 Å². The first-order valence-corrected chi connectivity index (χ1v) is 7.14. The zero-order chi connectivity index (χ0) is 14.4. The van der Waals surface area contributed by atoms with Gasteiger partial charge < -0.3 is 4.74 Å². The molecule has 0 saturated heterocycles. The van der Waals surface area contributed by atoms with Gasteiger partial charge in [-0.05, 0) is 33.6 Å². The van der Waals surface area contributed by atoms with Crippen LogP contribution in [0.2, 0.25) is 0 Å². The van der Waals surface area contributed by atoms with Gasteiger partial charge in [0.25, 0.3) is 0 Å². The van der Waals surface area contributed by atoms with E-state index in [9.17, 15) is 0 Å². The Morgan fingerprint density at radius 1 is 1.40 bits per heavy atom. The highest BCUT2D eigenvalue weighted by Gasteiger charge is 2.06. The molecule has 0 atom stereocenters. The van der Waals surface area contributed by atoms with E-state index in [1.807, 2.05) is 29.1 Å². The first kappa shape index (κ1) is 14.8. The smallest absolute Gasteiger partial charge is 0.118 e. The van der Waals surface area contributed by atoms with Crippen LogP contribution < -0.4 is 4.74 Å². The van der Waals surface area contributed by atoms with Crippen LogP contribution in [-0.2, 0) is 13.2 Å². The molecule has 1 heterocycles. The largest absolute Gasteiger partial charge is 0.497 e. The summed E-state index contributed by atoms with van der Waals surface area (Å²) < 4.78 is 8.06. The van der Waals surface area contributed by atoms with Crippen LogP contribution in [0.4, 0.5) is 0 Å². The van der Waals surface area contributed by atoms with Gasteiger partial charge in [-0.25, -0.2) is 0 Å². The third-order valence-corrected chi connectivity index (χ3v) is 3.31. The standard InChI is InChI=1S/C15H18BrN3O/c1-3-8-18(12-19-11-14(16)9-17-19)10-13-4-6-15(20-2)7-5-13/h3-7,9,11H,1,8,10,12H2,2H3. The summed E-state index contributed by atoms with van der Waals surface area (Å²) in [5, 5.41) is 4.28. The van der Waals surface area contributed by atoms with E-state index in [0.717, 1.165) is 30.0 Å². The van der Waals surface area contributed by atoms with Crippen LogP contribution in [-0.4, -0.2) is 28.3 Å². The summed E-state index contributed by atoms with van der Waals surface area (Å²) in [5.74, 6) is 0.875. The number of aromatic nitrogens is 2. The number of nitrogens with zero attached hydrogens (tertiary/aromatic N) is 3. The summed E-state index contributed by atoms with van der Waals surface area (Å²) in [4.78, 5) is 2.26. The van der Waals surface area contributed by atoms with Gasteiger partial charge in [0.05, 0.1) is 24.4 Å². The van der Waals surface area contributed by atoms with Crippen molar-refractivity contribution < 1.29 is 4.74 Å². The molecule has 0 fully saturated rings. The van der Waals surface area contributed by atoms with Crippen LogP contribution in [0.25, 0.3) is 0 Å². The van der Waals surface area contributed by atoms with E-state index in [4.69, 9.17) is 4.74 Å². The average Bonchev–Trinajstić information content (AvgIpc) is 2.85. The molecule has 2 rings (SSSR count). The van der Waals surface area contributed by atoms with Crippen LogP contribution in [0.1, 0.15) is 5.56 Å². The molecule has 106 valence electrons. The average molecular weight is 336 g/mol. The van der Waals surface area contributed by atoms with Crippen LogP contribution in [0.5, 0.6) is 5.75 Å². The second-order valence-electron chi connectivity index (χ2n) is 4.49. The van der Waals surface area contributed by atoms with Crippen molar-refractivity contribution in [2.75, 3.05) is 13.7 Å². The molecule has 2 aromatic rings. The molecular formula is C15H18BrN3O. The Balaban J connectivity index is 2.02. The summed E-state index contributed by atoms with van der Waals surface area (Å²) in [7, 11) is 1.68. The van der Waals surface area contributed by atoms with Gasteiger partial charge >= 0.3 is 0 Å². The lowest BCUT2D eigenvalue weighted by molar-refractivity contribution is 0.220. The monoisotopic (exact) mass is 335 g/mol. The van der Waals surface area contributed by atoms with Gasteiger partial charge in [0.1, 0.15) is 5.75 Å². The van der Waals surface area contributed by atoms with E-state index < -0.39 is 0 Å². The fourth-order valence-electron chi connectivity index (χ4n) is 1.96. The summed E-state index contributed by atoms with van der Waals surface area (Å²) in [6, 6.07) is 8.11. The first-order chi connectivity index (χ1) is 9.71.